The van der Waals surface area contributed by atoms with Gasteiger partial charge in [-0.25, -0.2) is 9.59 Å². The van der Waals surface area contributed by atoms with Gasteiger partial charge in [-0.3, -0.25) is 4.90 Å². The molecule has 6 heteroatoms. The van der Waals surface area contributed by atoms with Gasteiger partial charge in [-0.05, 0) is 38.5 Å². The predicted octanol–water partition coefficient (Wildman–Crippen LogP) is 3.20. The number of halogens is 1. The normalized spacial score (nSPS) is 12.6. The maximum absolute atomic E-state index is 12.0. The predicted molar refractivity (Wildman–Crippen MR) is 80.6 cm³/mol. The summed E-state index contributed by atoms with van der Waals surface area (Å²) in [5, 5.41) is 9.91. The van der Waals surface area contributed by atoms with E-state index in [1.165, 1.54) is 7.05 Å². The van der Waals surface area contributed by atoms with Crippen LogP contribution in [0.4, 0.5) is 4.79 Å². The fraction of sp³-hybridized carbons (Fsp3) is 0.467. The average molecular weight is 314 g/mol. The zero-order valence-corrected chi connectivity index (χ0v) is 13.3. The lowest BCUT2D eigenvalue weighted by molar-refractivity contribution is -0.142. The molecule has 1 unspecified atom stereocenters. The number of rotatable bonds is 4. The van der Waals surface area contributed by atoms with Crippen molar-refractivity contribution in [2.24, 2.45) is 0 Å². The van der Waals surface area contributed by atoms with Crippen molar-refractivity contribution in [1.29, 1.82) is 0 Å². The van der Waals surface area contributed by atoms with Gasteiger partial charge in [-0.2, -0.15) is 0 Å². The van der Waals surface area contributed by atoms with Crippen molar-refractivity contribution in [3.63, 3.8) is 0 Å². The highest BCUT2D eigenvalue weighted by Crippen LogP contribution is 2.15. The van der Waals surface area contributed by atoms with Crippen molar-refractivity contribution in [1.82, 2.24) is 4.90 Å². The number of carbonyl (C=O) groups is 2. The Balaban J connectivity index is 2.83. The highest BCUT2D eigenvalue weighted by Gasteiger charge is 2.30. The Bertz CT molecular complexity index is 507. The highest BCUT2D eigenvalue weighted by molar-refractivity contribution is 6.30. The molecule has 0 fully saturated rings. The minimum absolute atomic E-state index is 0.183. The molecule has 1 aromatic carbocycles. The third-order valence-corrected chi connectivity index (χ3v) is 3.03. The number of carbonyl (C=O) groups excluding carboxylic acids is 1. The quantitative estimate of drug-likeness (QED) is 0.927. The van der Waals surface area contributed by atoms with E-state index in [4.69, 9.17) is 16.3 Å². The summed E-state index contributed by atoms with van der Waals surface area (Å²) in [4.78, 5) is 24.5. The molecule has 0 heterocycles. The number of carboxylic acid groups (broad SMARTS) is 1. The summed E-state index contributed by atoms with van der Waals surface area (Å²) in [5.74, 6) is -1.08. The molecule has 1 N–H and O–H groups in total. The van der Waals surface area contributed by atoms with Crippen LogP contribution < -0.4 is 0 Å². The average Bonchev–Trinajstić information content (AvgIpc) is 2.34. The molecule has 1 amide bonds. The Labute approximate surface area is 129 Å². The largest absolute Gasteiger partial charge is 0.480 e. The van der Waals surface area contributed by atoms with Crippen LogP contribution in [-0.2, 0) is 16.0 Å². The number of ether oxygens (including phenoxy) is 1. The number of nitrogens with zero attached hydrogens (tertiary/aromatic N) is 1. The summed E-state index contributed by atoms with van der Waals surface area (Å²) in [6.07, 6.45) is -0.480. The van der Waals surface area contributed by atoms with Gasteiger partial charge in [0.15, 0.2) is 0 Å². The summed E-state index contributed by atoms with van der Waals surface area (Å²) < 4.78 is 5.19. The van der Waals surface area contributed by atoms with Crippen LogP contribution in [0, 0.1) is 0 Å². The van der Waals surface area contributed by atoms with Crippen LogP contribution in [0.5, 0.6) is 0 Å². The van der Waals surface area contributed by atoms with E-state index in [0.29, 0.717) is 5.02 Å². The summed E-state index contributed by atoms with van der Waals surface area (Å²) in [5.41, 5.74) is 0.108. The second-order valence-corrected chi connectivity index (χ2v) is 6.21. The topological polar surface area (TPSA) is 66.8 Å². The number of hydrogen-bond acceptors (Lipinski definition) is 3. The van der Waals surface area contributed by atoms with E-state index < -0.39 is 23.7 Å². The molecular weight excluding hydrogens is 294 g/mol. The number of aliphatic carboxylic acids is 1. The molecule has 1 atom stereocenters. The van der Waals surface area contributed by atoms with Crippen LogP contribution in [0.15, 0.2) is 24.3 Å². The van der Waals surface area contributed by atoms with E-state index in [1.54, 1.807) is 45.0 Å². The van der Waals surface area contributed by atoms with Crippen LogP contribution in [0.1, 0.15) is 26.3 Å². The Hall–Kier alpha value is -1.75. The molecular formula is C15H20ClNO4. The lowest BCUT2D eigenvalue weighted by Crippen LogP contribution is -2.46. The number of benzene rings is 1. The first-order valence-electron chi connectivity index (χ1n) is 6.53. The van der Waals surface area contributed by atoms with Crippen LogP contribution >= 0.6 is 11.6 Å². The number of carboxylic acids is 1. The van der Waals surface area contributed by atoms with Gasteiger partial charge < -0.3 is 9.84 Å². The van der Waals surface area contributed by atoms with Gasteiger partial charge >= 0.3 is 12.1 Å². The molecule has 0 aliphatic heterocycles. The number of likely N-dealkylation sites (N-methyl/N-ethyl adjacent to an activating group) is 1. The lowest BCUT2D eigenvalue weighted by Gasteiger charge is -2.28. The van der Waals surface area contributed by atoms with E-state index in [2.05, 4.69) is 0 Å². The van der Waals surface area contributed by atoms with Crippen molar-refractivity contribution in [3.8, 4) is 0 Å². The van der Waals surface area contributed by atoms with Crippen LogP contribution in [0.25, 0.3) is 0 Å². The van der Waals surface area contributed by atoms with E-state index in [9.17, 15) is 14.7 Å². The maximum Gasteiger partial charge on any atom is 0.410 e. The van der Waals surface area contributed by atoms with Gasteiger partial charge in [0, 0.05) is 18.5 Å². The van der Waals surface area contributed by atoms with Crippen molar-refractivity contribution in [2.45, 2.75) is 38.8 Å². The molecule has 21 heavy (non-hydrogen) atoms. The van der Waals surface area contributed by atoms with Gasteiger partial charge in [0.2, 0.25) is 0 Å². The van der Waals surface area contributed by atoms with Crippen LogP contribution in [0.3, 0.4) is 0 Å². The molecule has 0 aromatic heterocycles. The van der Waals surface area contributed by atoms with Crippen molar-refractivity contribution in [3.05, 3.63) is 34.9 Å². The molecule has 116 valence electrons. The van der Waals surface area contributed by atoms with Crippen molar-refractivity contribution < 1.29 is 19.4 Å². The maximum atomic E-state index is 12.0. The molecule has 0 saturated heterocycles. The molecule has 0 spiro atoms. The van der Waals surface area contributed by atoms with E-state index in [0.717, 1.165) is 10.5 Å². The summed E-state index contributed by atoms with van der Waals surface area (Å²) >= 11 is 5.80. The molecule has 0 aliphatic carbocycles. The van der Waals surface area contributed by atoms with Crippen LogP contribution in [-0.4, -0.2) is 40.8 Å². The van der Waals surface area contributed by atoms with E-state index in [-0.39, 0.29) is 6.42 Å². The molecule has 1 rings (SSSR count). The SMILES string of the molecule is CN(C(=O)OC(C)(C)C)C(Cc1ccc(Cl)cc1)C(=O)O. The minimum atomic E-state index is -1.08. The lowest BCUT2D eigenvalue weighted by atomic mass is 10.1. The third kappa shape index (κ3) is 5.63. The Morgan fingerprint density at radius 1 is 1.29 bits per heavy atom. The Kier molecular flexibility index (Phi) is 5.61. The van der Waals surface area contributed by atoms with Gasteiger partial charge in [0.05, 0.1) is 0 Å². The van der Waals surface area contributed by atoms with Gasteiger partial charge in [0.25, 0.3) is 0 Å². The number of amides is 1. The Morgan fingerprint density at radius 2 is 1.81 bits per heavy atom. The standard InChI is InChI=1S/C15H20ClNO4/c1-15(2,3)21-14(20)17(4)12(13(18)19)9-10-5-7-11(16)8-6-10/h5-8,12H,9H2,1-4H3,(H,18,19). The fourth-order valence-corrected chi connectivity index (χ4v) is 1.82. The third-order valence-electron chi connectivity index (χ3n) is 2.78. The summed E-state index contributed by atoms with van der Waals surface area (Å²) in [6.45, 7) is 5.19. The zero-order valence-electron chi connectivity index (χ0n) is 12.6. The molecule has 5 nitrogen and oxygen atoms in total. The first kappa shape index (κ1) is 17.3. The van der Waals surface area contributed by atoms with Gasteiger partial charge in [-0.15, -0.1) is 0 Å². The summed E-state index contributed by atoms with van der Waals surface area (Å²) in [7, 11) is 1.42. The molecule has 0 saturated carbocycles. The first-order valence-corrected chi connectivity index (χ1v) is 6.91. The van der Waals surface area contributed by atoms with Crippen molar-refractivity contribution in [2.75, 3.05) is 7.05 Å². The van der Waals surface area contributed by atoms with Crippen molar-refractivity contribution >= 4 is 23.7 Å². The fourth-order valence-electron chi connectivity index (χ4n) is 1.69. The minimum Gasteiger partial charge on any atom is -0.480 e. The van der Waals surface area contributed by atoms with Crippen LogP contribution in [0.2, 0.25) is 5.02 Å². The monoisotopic (exact) mass is 313 g/mol. The summed E-state index contributed by atoms with van der Waals surface area (Å²) in [6, 6.07) is 5.84. The smallest absolute Gasteiger partial charge is 0.410 e. The molecule has 0 bridgehead atoms. The first-order chi connectivity index (χ1) is 9.60. The van der Waals surface area contributed by atoms with Gasteiger partial charge in [-0.1, -0.05) is 23.7 Å². The second-order valence-electron chi connectivity index (χ2n) is 5.78. The molecule has 0 aliphatic rings. The van der Waals surface area contributed by atoms with Gasteiger partial charge in [0.1, 0.15) is 11.6 Å². The zero-order chi connectivity index (χ0) is 16.2. The molecule has 1 aromatic rings. The van der Waals surface area contributed by atoms with E-state index >= 15 is 0 Å². The van der Waals surface area contributed by atoms with E-state index in [1.807, 2.05) is 0 Å². The second kappa shape index (κ2) is 6.80. The number of hydrogen-bond donors (Lipinski definition) is 1. The highest BCUT2D eigenvalue weighted by atomic mass is 35.5. The Morgan fingerprint density at radius 3 is 2.24 bits per heavy atom. The molecule has 0 radical (unpaired) electrons.